The maximum atomic E-state index is 15.0. The number of ether oxygens (including phenoxy) is 1. The lowest BCUT2D eigenvalue weighted by atomic mass is 10.1. The number of cyclic esters (lactones) is 1. The van der Waals surface area contributed by atoms with Crippen LogP contribution < -0.4 is 9.80 Å². The van der Waals surface area contributed by atoms with E-state index >= 15 is 4.39 Å². The molecule has 0 spiro atoms. The van der Waals surface area contributed by atoms with Gasteiger partial charge in [-0.05, 0) is 24.6 Å². The Labute approximate surface area is 197 Å². The van der Waals surface area contributed by atoms with E-state index < -0.39 is 36.6 Å². The molecular formula is C21H23F3N6O5. The molecule has 188 valence electrons. The number of Topliss-reactive ketones (excluding diaryl/α,β-unsaturated/α-hetero) is 1. The number of carbonyl (C=O) groups is 3. The molecule has 1 aromatic carbocycles. The highest BCUT2D eigenvalue weighted by atomic mass is 19.3. The van der Waals surface area contributed by atoms with Gasteiger partial charge in [-0.15, -0.1) is 5.10 Å². The second-order valence-corrected chi connectivity index (χ2v) is 7.97. The fourth-order valence-electron chi connectivity index (χ4n) is 3.84. The van der Waals surface area contributed by atoms with Crippen molar-refractivity contribution in [2.75, 3.05) is 42.6 Å². The average molecular weight is 496 g/mol. The summed E-state index contributed by atoms with van der Waals surface area (Å²) >= 11 is 0. The number of hydrogen-bond donors (Lipinski definition) is 0. The molecule has 4 rings (SSSR count). The number of ketones is 1. The number of hydrogen-bond acceptors (Lipinski definition) is 8. The number of anilines is 2. The summed E-state index contributed by atoms with van der Waals surface area (Å²) in [7, 11) is 0. The van der Waals surface area contributed by atoms with Gasteiger partial charge in [0.05, 0.1) is 37.3 Å². The van der Waals surface area contributed by atoms with Crippen molar-refractivity contribution in [3.63, 3.8) is 0 Å². The number of rotatable bonds is 8. The van der Waals surface area contributed by atoms with Gasteiger partial charge in [-0.3, -0.25) is 19.3 Å². The molecule has 0 aliphatic carbocycles. The van der Waals surface area contributed by atoms with E-state index in [0.29, 0.717) is 13.1 Å². The molecule has 2 saturated heterocycles. The summed E-state index contributed by atoms with van der Waals surface area (Å²) in [5.74, 6) is -2.12. The molecule has 11 nitrogen and oxygen atoms in total. The van der Waals surface area contributed by atoms with Crippen LogP contribution in [0, 0.1) is 5.82 Å². The Balaban J connectivity index is 1.35. The Morgan fingerprint density at radius 1 is 1.20 bits per heavy atom. The molecule has 2 aromatic rings. The van der Waals surface area contributed by atoms with E-state index in [2.05, 4.69) is 10.3 Å². The molecule has 2 fully saturated rings. The minimum absolute atomic E-state index is 0.0224. The number of benzene rings is 1. The normalized spacial score (nSPS) is 18.7. The molecule has 0 radical (unpaired) electrons. The summed E-state index contributed by atoms with van der Waals surface area (Å²) in [5.41, 5.74) is 0.518. The van der Waals surface area contributed by atoms with Crippen molar-refractivity contribution in [3.8, 4) is 0 Å². The van der Waals surface area contributed by atoms with Crippen molar-refractivity contribution in [1.82, 2.24) is 20.1 Å². The van der Waals surface area contributed by atoms with Gasteiger partial charge in [0.15, 0.2) is 5.78 Å². The number of carbonyl (C=O) groups excluding carboxylic acids is 3. The molecular weight excluding hydrogens is 473 g/mol. The first kappa shape index (κ1) is 24.4. The number of hydroxylamine groups is 2. The minimum Gasteiger partial charge on any atom is -0.444 e. The first-order chi connectivity index (χ1) is 16.8. The van der Waals surface area contributed by atoms with E-state index in [9.17, 15) is 23.2 Å². The summed E-state index contributed by atoms with van der Waals surface area (Å²) in [6, 6.07) is 4.24. The van der Waals surface area contributed by atoms with Crippen molar-refractivity contribution >= 4 is 29.2 Å². The molecule has 14 heteroatoms. The number of alkyl halides is 2. The smallest absolute Gasteiger partial charge is 0.414 e. The molecule has 1 aromatic heterocycles. The highest BCUT2D eigenvalue weighted by molar-refractivity contribution is 5.90. The van der Waals surface area contributed by atoms with E-state index in [1.165, 1.54) is 33.0 Å². The maximum Gasteiger partial charge on any atom is 0.414 e. The molecule has 3 heterocycles. The van der Waals surface area contributed by atoms with Crippen LogP contribution in [0.4, 0.5) is 29.3 Å². The largest absolute Gasteiger partial charge is 0.444 e. The molecule has 35 heavy (non-hydrogen) atoms. The SMILES string of the molecule is O=C(CC[C@H]1CN(c2ccc(N3CCON(C(=O)Cn4ccnn4)CC3)c(F)c2)C(=O)O1)C(F)F. The van der Waals surface area contributed by atoms with E-state index in [-0.39, 0.29) is 49.9 Å². The highest BCUT2D eigenvalue weighted by Gasteiger charge is 2.33. The molecule has 2 amide bonds. The topological polar surface area (TPSA) is 110 Å². The standard InChI is InChI=1S/C21H23F3N6O5/c22-16-11-14(29-12-15(35-21(29)33)2-4-18(31)20(23)24)1-3-17(16)27-7-8-30(34-10-9-27)19(32)13-28-6-5-25-26-28/h1,3,5-6,11,15,20H,2,4,7-10,12-13H2/t15-/m0/s1. The van der Waals surface area contributed by atoms with Crippen molar-refractivity contribution < 1.29 is 37.1 Å². The van der Waals surface area contributed by atoms with Crippen LogP contribution in [0.3, 0.4) is 0 Å². The monoisotopic (exact) mass is 496 g/mol. The van der Waals surface area contributed by atoms with E-state index in [4.69, 9.17) is 9.57 Å². The zero-order valence-corrected chi connectivity index (χ0v) is 18.6. The predicted octanol–water partition coefficient (Wildman–Crippen LogP) is 1.64. The molecule has 2 aliphatic heterocycles. The number of aromatic nitrogens is 3. The lowest BCUT2D eigenvalue weighted by Crippen LogP contribution is -2.36. The van der Waals surface area contributed by atoms with Gasteiger partial charge in [0, 0.05) is 25.7 Å². The van der Waals surface area contributed by atoms with Crippen molar-refractivity contribution in [1.29, 1.82) is 0 Å². The number of amides is 2. The summed E-state index contributed by atoms with van der Waals surface area (Å²) < 4.78 is 46.3. The maximum absolute atomic E-state index is 15.0. The van der Waals surface area contributed by atoms with Crippen LogP contribution >= 0.6 is 0 Å². The molecule has 2 aliphatic rings. The summed E-state index contributed by atoms with van der Waals surface area (Å²) in [6.45, 7) is 0.982. The molecule has 0 N–H and O–H groups in total. The van der Waals surface area contributed by atoms with Gasteiger partial charge in [-0.2, -0.15) is 0 Å². The van der Waals surface area contributed by atoms with Gasteiger partial charge in [-0.1, -0.05) is 5.21 Å². The van der Waals surface area contributed by atoms with Crippen LogP contribution in [-0.4, -0.2) is 83.2 Å². The Hall–Kier alpha value is -3.68. The second-order valence-electron chi connectivity index (χ2n) is 7.97. The van der Waals surface area contributed by atoms with Crippen LogP contribution in [0.1, 0.15) is 12.8 Å². The van der Waals surface area contributed by atoms with Crippen LogP contribution in [0.5, 0.6) is 0 Å². The van der Waals surface area contributed by atoms with Gasteiger partial charge in [0.1, 0.15) is 18.5 Å². The van der Waals surface area contributed by atoms with Crippen molar-refractivity contribution in [2.24, 2.45) is 0 Å². The summed E-state index contributed by atoms with van der Waals surface area (Å²) in [4.78, 5) is 44.2. The Morgan fingerprint density at radius 2 is 2.03 bits per heavy atom. The van der Waals surface area contributed by atoms with E-state index in [1.807, 2.05) is 0 Å². The predicted molar refractivity (Wildman–Crippen MR) is 114 cm³/mol. The third-order valence-corrected chi connectivity index (χ3v) is 5.64. The Morgan fingerprint density at radius 3 is 2.74 bits per heavy atom. The lowest BCUT2D eigenvalue weighted by molar-refractivity contribution is -0.182. The minimum atomic E-state index is -3.06. The molecule has 0 saturated carbocycles. The molecule has 0 unspecified atom stereocenters. The Bertz CT molecular complexity index is 1070. The number of nitrogens with zero attached hydrogens (tertiary/aromatic N) is 6. The number of halogens is 3. The summed E-state index contributed by atoms with van der Waals surface area (Å²) in [6.07, 6.45) is -1.97. The molecule has 0 bridgehead atoms. The fourth-order valence-corrected chi connectivity index (χ4v) is 3.84. The van der Waals surface area contributed by atoms with Gasteiger partial charge in [-0.25, -0.2) is 27.7 Å². The van der Waals surface area contributed by atoms with Gasteiger partial charge < -0.3 is 9.64 Å². The zero-order valence-electron chi connectivity index (χ0n) is 18.6. The third kappa shape index (κ3) is 5.88. The average Bonchev–Trinajstić information content (AvgIpc) is 3.39. The van der Waals surface area contributed by atoms with Crippen LogP contribution in [-0.2, 0) is 25.7 Å². The fraction of sp³-hybridized carbons (Fsp3) is 0.476. The molecule has 1 atom stereocenters. The van der Waals surface area contributed by atoms with Crippen molar-refractivity contribution in [3.05, 3.63) is 36.4 Å². The van der Waals surface area contributed by atoms with E-state index in [1.54, 1.807) is 17.2 Å². The van der Waals surface area contributed by atoms with Crippen LogP contribution in [0.2, 0.25) is 0 Å². The van der Waals surface area contributed by atoms with Gasteiger partial charge in [0.2, 0.25) is 0 Å². The van der Waals surface area contributed by atoms with Gasteiger partial charge >= 0.3 is 6.09 Å². The first-order valence-corrected chi connectivity index (χ1v) is 10.9. The van der Waals surface area contributed by atoms with Crippen molar-refractivity contribution in [2.45, 2.75) is 31.9 Å². The van der Waals surface area contributed by atoms with Crippen LogP contribution in [0.15, 0.2) is 30.6 Å². The first-order valence-electron chi connectivity index (χ1n) is 10.9. The second kappa shape index (κ2) is 10.7. The van der Waals surface area contributed by atoms with Gasteiger partial charge in [0.25, 0.3) is 12.3 Å². The lowest BCUT2D eigenvalue weighted by Gasteiger charge is -2.24. The zero-order chi connectivity index (χ0) is 24.9. The van der Waals surface area contributed by atoms with E-state index in [0.717, 1.165) is 0 Å². The van der Waals surface area contributed by atoms with Crippen LogP contribution in [0.25, 0.3) is 0 Å². The summed E-state index contributed by atoms with van der Waals surface area (Å²) in [5, 5.41) is 8.61. The quantitative estimate of drug-likeness (QED) is 0.543. The third-order valence-electron chi connectivity index (χ3n) is 5.64. The Kier molecular flexibility index (Phi) is 7.48. The highest BCUT2D eigenvalue weighted by Crippen LogP contribution is 2.29.